The van der Waals surface area contributed by atoms with Gasteiger partial charge in [0.15, 0.2) is 35.8 Å². The zero-order valence-electron chi connectivity index (χ0n) is 22.8. The average molecular weight is 588 g/mol. The van der Waals surface area contributed by atoms with E-state index in [1.165, 1.54) is 20.4 Å². The Bertz CT molecular complexity index is 1370. The lowest BCUT2D eigenvalue weighted by Crippen LogP contribution is -2.45. The summed E-state index contributed by atoms with van der Waals surface area (Å²) in [4.78, 5) is 24.5. The van der Waals surface area contributed by atoms with E-state index in [-0.39, 0.29) is 29.6 Å². The second-order valence-electron chi connectivity index (χ2n) is 8.40. The summed E-state index contributed by atoms with van der Waals surface area (Å²) in [7, 11) is 2.70. The van der Waals surface area contributed by atoms with Crippen LogP contribution >= 0.6 is 11.6 Å². The van der Waals surface area contributed by atoms with Gasteiger partial charge in [0, 0.05) is 5.70 Å². The number of hydrogen-bond donors (Lipinski definition) is 4. The minimum absolute atomic E-state index is 0.190. The van der Waals surface area contributed by atoms with Crippen molar-refractivity contribution in [3.05, 3.63) is 57.8 Å². The highest BCUT2D eigenvalue weighted by atomic mass is 35.5. The van der Waals surface area contributed by atoms with Gasteiger partial charge in [0.05, 0.1) is 43.7 Å². The molecular weight excluding hydrogens is 558 g/mol. The Balaban J connectivity index is 1.69. The zero-order valence-corrected chi connectivity index (χ0v) is 23.6. The first kappa shape index (κ1) is 30.9. The normalized spacial score (nSPS) is 15.3. The third-order valence-corrected chi connectivity index (χ3v) is 5.92. The summed E-state index contributed by atoms with van der Waals surface area (Å²) in [6.45, 7) is 3.33. The Hall–Kier alpha value is -4.67. The van der Waals surface area contributed by atoms with Crippen LogP contribution in [0.3, 0.4) is 0 Å². The Kier molecular flexibility index (Phi) is 11.0. The number of ether oxygens (including phenoxy) is 5. The van der Waals surface area contributed by atoms with E-state index in [0.29, 0.717) is 40.7 Å². The number of hydrazone groups is 1. The molecule has 1 aliphatic heterocycles. The van der Waals surface area contributed by atoms with Crippen LogP contribution in [0.2, 0.25) is 5.02 Å². The van der Waals surface area contributed by atoms with Gasteiger partial charge in [-0.1, -0.05) is 17.7 Å². The number of nitrogens with one attached hydrogen (secondary N) is 3. The maximum atomic E-state index is 12.4. The Morgan fingerprint density at radius 2 is 2.00 bits per heavy atom. The molecule has 0 saturated heterocycles. The lowest BCUT2D eigenvalue weighted by atomic mass is 9.95. The summed E-state index contributed by atoms with van der Waals surface area (Å²) >= 11 is 6.23. The quantitative estimate of drug-likeness (QED) is 0.118. The van der Waals surface area contributed by atoms with E-state index in [4.69, 9.17) is 40.5 Å². The molecule has 2 atom stereocenters. The molecule has 0 aromatic heterocycles. The molecule has 2 aromatic carbocycles. The van der Waals surface area contributed by atoms with Crippen molar-refractivity contribution >= 4 is 29.8 Å². The minimum Gasteiger partial charge on any atom is -0.493 e. The Labute approximate surface area is 241 Å². The van der Waals surface area contributed by atoms with Crippen molar-refractivity contribution in [3.8, 4) is 29.1 Å². The van der Waals surface area contributed by atoms with Crippen LogP contribution in [0, 0.1) is 11.3 Å². The fourth-order valence-corrected chi connectivity index (χ4v) is 4.15. The average Bonchev–Trinajstić information content (AvgIpc) is 2.95. The van der Waals surface area contributed by atoms with Crippen molar-refractivity contribution in [3.63, 3.8) is 0 Å². The molecule has 13 nitrogen and oxygen atoms in total. The fraction of sp³-hybridized carbons (Fsp3) is 0.333. The molecule has 4 N–H and O–H groups in total. The van der Waals surface area contributed by atoms with Crippen LogP contribution in [0.1, 0.15) is 31.0 Å². The van der Waals surface area contributed by atoms with Gasteiger partial charge in [0.2, 0.25) is 0 Å². The van der Waals surface area contributed by atoms with Crippen LogP contribution in [0.4, 0.5) is 4.79 Å². The molecule has 0 saturated carbocycles. The first-order chi connectivity index (χ1) is 19.7. The number of methoxy groups -OCH3 is 2. The van der Waals surface area contributed by atoms with E-state index in [2.05, 4.69) is 21.2 Å². The number of nitrogens with zero attached hydrogens (tertiary/aromatic N) is 2. The Morgan fingerprint density at radius 1 is 1.22 bits per heavy atom. The van der Waals surface area contributed by atoms with Crippen molar-refractivity contribution in [1.29, 1.82) is 5.26 Å². The summed E-state index contributed by atoms with van der Waals surface area (Å²) in [5.74, 6) is 0.636. The van der Waals surface area contributed by atoms with Crippen LogP contribution in [0.15, 0.2) is 46.7 Å². The van der Waals surface area contributed by atoms with Gasteiger partial charge >= 0.3 is 12.0 Å². The van der Waals surface area contributed by atoms with E-state index in [1.54, 1.807) is 44.2 Å². The number of aliphatic hydroxyl groups is 1. The van der Waals surface area contributed by atoms with Gasteiger partial charge in [-0.25, -0.2) is 9.59 Å². The number of carbonyl (C=O) groups is 2. The van der Waals surface area contributed by atoms with E-state index in [0.717, 1.165) is 0 Å². The third kappa shape index (κ3) is 7.93. The van der Waals surface area contributed by atoms with Crippen LogP contribution in [-0.2, 0) is 9.53 Å². The third-order valence-electron chi connectivity index (χ3n) is 5.64. The topological polar surface area (TPSA) is 173 Å². The van der Waals surface area contributed by atoms with Crippen molar-refractivity contribution in [2.75, 3.05) is 34.0 Å². The summed E-state index contributed by atoms with van der Waals surface area (Å²) in [5, 5.41) is 28.6. The van der Waals surface area contributed by atoms with Gasteiger partial charge in [-0.05, 0) is 49.2 Å². The molecule has 0 radical (unpaired) electrons. The van der Waals surface area contributed by atoms with Crippen molar-refractivity contribution < 1.29 is 38.4 Å². The lowest BCUT2D eigenvalue weighted by molar-refractivity contribution is -0.136. The molecule has 2 amide bonds. The molecule has 0 fully saturated rings. The van der Waals surface area contributed by atoms with E-state index >= 15 is 0 Å². The largest absolute Gasteiger partial charge is 0.493 e. The summed E-state index contributed by atoms with van der Waals surface area (Å²) < 4.78 is 26.9. The molecule has 1 aliphatic rings. The summed E-state index contributed by atoms with van der Waals surface area (Å²) in [6.07, 6.45) is 0.213. The van der Waals surface area contributed by atoms with Gasteiger partial charge in [-0.2, -0.15) is 10.4 Å². The number of allylic oxidation sites excluding steroid dienone is 1. The van der Waals surface area contributed by atoms with Gasteiger partial charge in [-0.15, -0.1) is 0 Å². The highest BCUT2D eigenvalue weighted by Crippen LogP contribution is 2.36. The number of aliphatic hydroxyl groups excluding tert-OH is 1. The van der Waals surface area contributed by atoms with Gasteiger partial charge < -0.3 is 39.4 Å². The lowest BCUT2D eigenvalue weighted by Gasteiger charge is -2.28. The molecule has 3 rings (SSSR count). The number of benzene rings is 2. The van der Waals surface area contributed by atoms with E-state index in [1.807, 2.05) is 6.07 Å². The van der Waals surface area contributed by atoms with Crippen LogP contribution in [0.5, 0.6) is 23.0 Å². The molecule has 0 aliphatic carbocycles. The molecule has 2 aromatic rings. The van der Waals surface area contributed by atoms with Crippen molar-refractivity contribution in [1.82, 2.24) is 16.1 Å². The highest BCUT2D eigenvalue weighted by Gasteiger charge is 2.32. The first-order valence-corrected chi connectivity index (χ1v) is 12.7. The van der Waals surface area contributed by atoms with Gasteiger partial charge in [-0.3, -0.25) is 5.43 Å². The number of carbonyl (C=O) groups excluding carboxylic acids is 2. The number of esters is 1. The standard InChI is InChI=1S/C27H30ClN5O8/c1-5-39-20-12-17(24-23(26(35)38-4)15(2)31-27(36)32-24)6-7-19(20)41-14-22(34)33-30-13-16-10-18(28)25(40-9-8-29)21(11-16)37-3/h6-7,10-13,22,24,33-34H,5,9,14H2,1-4H3,(H2,31,32,36)/b30-13-/t22-,24+/m1/s1. The molecule has 218 valence electrons. The van der Waals surface area contributed by atoms with Crippen LogP contribution < -0.4 is 35.0 Å². The maximum absolute atomic E-state index is 12.4. The molecule has 0 unspecified atom stereocenters. The molecule has 1 heterocycles. The summed E-state index contributed by atoms with van der Waals surface area (Å²) in [5.41, 5.74) is 4.29. The minimum atomic E-state index is -1.20. The van der Waals surface area contributed by atoms with Gasteiger partial charge in [0.1, 0.15) is 12.7 Å². The van der Waals surface area contributed by atoms with Crippen LogP contribution in [-0.4, -0.2) is 63.6 Å². The number of urea groups is 1. The van der Waals surface area contributed by atoms with Crippen molar-refractivity contribution in [2.24, 2.45) is 5.10 Å². The second-order valence-corrected chi connectivity index (χ2v) is 8.80. The number of rotatable bonds is 13. The molecule has 0 bridgehead atoms. The number of amides is 2. The molecular formula is C27H30ClN5O8. The number of nitriles is 1. The second kappa shape index (κ2) is 14.6. The Morgan fingerprint density at radius 3 is 2.68 bits per heavy atom. The van der Waals surface area contributed by atoms with E-state index < -0.39 is 24.3 Å². The zero-order chi connectivity index (χ0) is 29.9. The maximum Gasteiger partial charge on any atom is 0.337 e. The molecule has 0 spiro atoms. The molecule has 41 heavy (non-hydrogen) atoms. The highest BCUT2D eigenvalue weighted by molar-refractivity contribution is 6.32. The predicted octanol–water partition coefficient (Wildman–Crippen LogP) is 2.77. The predicted molar refractivity (Wildman–Crippen MR) is 148 cm³/mol. The molecule has 14 heteroatoms. The smallest absolute Gasteiger partial charge is 0.337 e. The van der Waals surface area contributed by atoms with Gasteiger partial charge in [0.25, 0.3) is 0 Å². The monoisotopic (exact) mass is 587 g/mol. The first-order valence-electron chi connectivity index (χ1n) is 12.3. The number of halogens is 1. The SMILES string of the molecule is CCOc1cc([C@@H]2NC(=O)NC(C)=C2C(=O)OC)ccc1OC[C@@H](O)N/N=C\c1cc(Cl)c(OCC#N)c(OC)c1. The van der Waals surface area contributed by atoms with Crippen LogP contribution in [0.25, 0.3) is 0 Å². The number of hydrogen-bond acceptors (Lipinski definition) is 11. The van der Waals surface area contributed by atoms with E-state index in [9.17, 15) is 14.7 Å². The summed E-state index contributed by atoms with van der Waals surface area (Å²) in [6, 6.07) is 8.72. The van der Waals surface area contributed by atoms with Crippen molar-refractivity contribution in [2.45, 2.75) is 26.1 Å². The fourth-order valence-electron chi connectivity index (χ4n) is 3.88.